The zero-order valence-electron chi connectivity index (χ0n) is 6.56. The predicted molar refractivity (Wildman–Crippen MR) is 47.3 cm³/mol. The fraction of sp³-hybridized carbons (Fsp3) is 0.286. The third-order valence-corrected chi connectivity index (χ3v) is 1.26. The molecule has 0 saturated carbocycles. The van der Waals surface area contributed by atoms with Crippen LogP contribution in [0.4, 0.5) is 0 Å². The Balaban J connectivity index is 3.98. The molecule has 0 aromatic carbocycles. The van der Waals surface area contributed by atoms with Crippen molar-refractivity contribution in [3.05, 3.63) is 24.3 Å². The Labute approximate surface area is 67.2 Å². The first-order valence-electron chi connectivity index (χ1n) is 3.09. The minimum absolute atomic E-state index is 1.05. The molecule has 0 aliphatic heterocycles. The molecule has 0 aromatic rings. The molecular weight excluding hydrogens is 162 g/mol. The lowest BCUT2D eigenvalue weighted by Crippen LogP contribution is -1.88. The van der Waals surface area contributed by atoms with Crippen molar-refractivity contribution >= 4 is 16.2 Å². The molecule has 0 radical (unpaired) electrons. The molecule has 0 fully saturated rings. The summed E-state index contributed by atoms with van der Waals surface area (Å²) < 4.78 is 24.1. The summed E-state index contributed by atoms with van der Waals surface area (Å²) in [5.74, 6) is 0. The maximum atomic E-state index is 10.4. The largest absolute Gasteiger partial charge is 0.250 e. The van der Waals surface area contributed by atoms with E-state index in [0.29, 0.717) is 0 Å². The van der Waals surface area contributed by atoms with Gasteiger partial charge in [-0.1, -0.05) is 18.2 Å². The van der Waals surface area contributed by atoms with E-state index in [2.05, 4.69) is 4.40 Å². The van der Waals surface area contributed by atoms with Crippen molar-refractivity contribution in [3.8, 4) is 0 Å². The molecule has 62 valence electrons. The first-order valence-corrected chi connectivity index (χ1v) is 4.94. The second kappa shape index (κ2) is 4.85. The van der Waals surface area contributed by atoms with E-state index in [4.69, 9.17) is 0 Å². The summed E-state index contributed by atoms with van der Waals surface area (Å²) in [4.78, 5) is 0. The SMILES string of the molecule is C/C=C\C=C/C=NS(C)(=O)=O. The van der Waals surface area contributed by atoms with Crippen LogP contribution in [-0.2, 0) is 10.0 Å². The van der Waals surface area contributed by atoms with Gasteiger partial charge in [-0.05, 0) is 13.0 Å². The van der Waals surface area contributed by atoms with Crippen LogP contribution in [0.15, 0.2) is 28.7 Å². The van der Waals surface area contributed by atoms with Crippen molar-refractivity contribution in [3.63, 3.8) is 0 Å². The topological polar surface area (TPSA) is 46.5 Å². The van der Waals surface area contributed by atoms with Gasteiger partial charge >= 0.3 is 0 Å². The highest BCUT2D eigenvalue weighted by Crippen LogP contribution is 1.81. The van der Waals surface area contributed by atoms with Gasteiger partial charge in [0.05, 0.1) is 6.26 Å². The minimum atomic E-state index is -3.22. The molecule has 0 unspecified atom stereocenters. The molecular formula is C7H11NO2S. The standard InChI is InChI=1S/C7H11NO2S/c1-3-4-5-6-7-8-11(2,9)10/h3-7H,1-2H3/b4-3-,6-5-,8-7?. The molecule has 0 aliphatic carbocycles. The van der Waals surface area contributed by atoms with Gasteiger partial charge in [0.2, 0.25) is 10.0 Å². The van der Waals surface area contributed by atoms with Crippen LogP contribution in [0, 0.1) is 0 Å². The van der Waals surface area contributed by atoms with E-state index in [0.717, 1.165) is 6.26 Å². The highest BCUT2D eigenvalue weighted by Gasteiger charge is 1.89. The van der Waals surface area contributed by atoms with Gasteiger partial charge in [0.1, 0.15) is 0 Å². The van der Waals surface area contributed by atoms with Crippen LogP contribution in [0.3, 0.4) is 0 Å². The Bertz CT molecular complexity index is 273. The molecule has 0 aromatic heterocycles. The average molecular weight is 173 g/mol. The fourth-order valence-corrected chi connectivity index (χ4v) is 0.662. The zero-order valence-corrected chi connectivity index (χ0v) is 7.38. The van der Waals surface area contributed by atoms with E-state index in [1.165, 1.54) is 6.21 Å². The lowest BCUT2D eigenvalue weighted by Gasteiger charge is -1.80. The van der Waals surface area contributed by atoms with Gasteiger partial charge in [-0.2, -0.15) is 4.40 Å². The number of nitrogens with zero attached hydrogens (tertiary/aromatic N) is 1. The lowest BCUT2D eigenvalue weighted by molar-refractivity contribution is 0.604. The maximum absolute atomic E-state index is 10.4. The van der Waals surface area contributed by atoms with E-state index in [-0.39, 0.29) is 0 Å². The van der Waals surface area contributed by atoms with E-state index >= 15 is 0 Å². The quantitative estimate of drug-likeness (QED) is 0.474. The Kier molecular flexibility index (Phi) is 4.45. The zero-order chi connectivity index (χ0) is 8.74. The van der Waals surface area contributed by atoms with Gasteiger partial charge in [-0.15, -0.1) is 0 Å². The summed E-state index contributed by atoms with van der Waals surface area (Å²) in [6.07, 6.45) is 9.18. The number of rotatable bonds is 3. The smallest absolute Gasteiger partial charge is 0.205 e. The minimum Gasteiger partial charge on any atom is -0.205 e. The first-order chi connectivity index (χ1) is 5.06. The summed E-state index contributed by atoms with van der Waals surface area (Å²) >= 11 is 0. The summed E-state index contributed by atoms with van der Waals surface area (Å²) in [5, 5.41) is 0. The Morgan fingerprint density at radius 3 is 2.27 bits per heavy atom. The molecule has 0 spiro atoms. The highest BCUT2D eigenvalue weighted by molar-refractivity contribution is 7.89. The van der Waals surface area contributed by atoms with Crippen molar-refractivity contribution in [1.29, 1.82) is 0 Å². The van der Waals surface area contributed by atoms with E-state index in [1.807, 2.05) is 13.0 Å². The second-order valence-corrected chi connectivity index (χ2v) is 3.58. The van der Waals surface area contributed by atoms with Crippen LogP contribution >= 0.6 is 0 Å². The van der Waals surface area contributed by atoms with Crippen LogP contribution in [0.2, 0.25) is 0 Å². The van der Waals surface area contributed by atoms with Crippen molar-refractivity contribution < 1.29 is 8.42 Å². The van der Waals surface area contributed by atoms with E-state index < -0.39 is 10.0 Å². The molecule has 0 rings (SSSR count). The predicted octanol–water partition coefficient (Wildman–Crippen LogP) is 1.15. The molecule has 0 amide bonds. The molecule has 0 heterocycles. The first kappa shape index (κ1) is 10.1. The van der Waals surface area contributed by atoms with Crippen molar-refractivity contribution in [2.75, 3.05) is 6.26 Å². The van der Waals surface area contributed by atoms with E-state index in [9.17, 15) is 8.42 Å². The number of sulfonamides is 1. The molecule has 3 nitrogen and oxygen atoms in total. The summed E-state index contributed by atoms with van der Waals surface area (Å²) in [6.45, 7) is 1.87. The van der Waals surface area contributed by atoms with Gasteiger partial charge < -0.3 is 0 Å². The Hall–Kier alpha value is -0.900. The number of hydrogen-bond acceptors (Lipinski definition) is 2. The van der Waals surface area contributed by atoms with Gasteiger partial charge in [-0.25, -0.2) is 8.42 Å². The lowest BCUT2D eigenvalue weighted by atomic mass is 10.4. The van der Waals surface area contributed by atoms with Crippen LogP contribution in [-0.4, -0.2) is 20.9 Å². The van der Waals surface area contributed by atoms with E-state index in [1.54, 1.807) is 18.2 Å². The summed E-state index contributed by atoms with van der Waals surface area (Å²) in [6, 6.07) is 0. The maximum Gasteiger partial charge on any atom is 0.250 e. The van der Waals surface area contributed by atoms with Crippen molar-refractivity contribution in [1.82, 2.24) is 0 Å². The molecule has 0 N–H and O–H groups in total. The number of allylic oxidation sites excluding steroid dienone is 4. The summed E-state index contributed by atoms with van der Waals surface area (Å²) in [5.41, 5.74) is 0. The molecule has 11 heavy (non-hydrogen) atoms. The van der Waals surface area contributed by atoms with Gasteiger partial charge in [0.25, 0.3) is 0 Å². The Morgan fingerprint density at radius 1 is 1.18 bits per heavy atom. The Morgan fingerprint density at radius 2 is 1.82 bits per heavy atom. The normalized spacial score (nSPS) is 14.0. The monoisotopic (exact) mass is 173 g/mol. The summed E-state index contributed by atoms with van der Waals surface area (Å²) in [7, 11) is -3.22. The van der Waals surface area contributed by atoms with Crippen molar-refractivity contribution in [2.24, 2.45) is 4.40 Å². The average Bonchev–Trinajstić information content (AvgIpc) is 1.85. The third kappa shape index (κ3) is 9.10. The molecule has 0 aliphatic rings. The van der Waals surface area contributed by atoms with Crippen LogP contribution in [0.25, 0.3) is 0 Å². The molecule has 4 heteroatoms. The van der Waals surface area contributed by atoms with Crippen LogP contribution in [0.1, 0.15) is 6.92 Å². The van der Waals surface area contributed by atoms with Crippen molar-refractivity contribution in [2.45, 2.75) is 6.92 Å². The van der Waals surface area contributed by atoms with Crippen LogP contribution in [0.5, 0.6) is 0 Å². The third-order valence-electron chi connectivity index (χ3n) is 0.753. The van der Waals surface area contributed by atoms with Gasteiger partial charge in [-0.3, -0.25) is 0 Å². The number of hydrogen-bond donors (Lipinski definition) is 0. The molecule has 0 bridgehead atoms. The molecule has 0 saturated heterocycles. The molecule has 0 atom stereocenters. The van der Waals surface area contributed by atoms with Gasteiger partial charge in [0, 0.05) is 6.21 Å². The fourth-order valence-electron chi connectivity index (χ4n) is 0.371. The second-order valence-electron chi connectivity index (χ2n) is 1.90. The van der Waals surface area contributed by atoms with Crippen LogP contribution < -0.4 is 0 Å². The highest BCUT2D eigenvalue weighted by atomic mass is 32.2. The van der Waals surface area contributed by atoms with Gasteiger partial charge in [0.15, 0.2) is 0 Å².